The highest BCUT2D eigenvalue weighted by Crippen LogP contribution is 2.21. The van der Waals surface area contributed by atoms with Crippen LogP contribution in [0.15, 0.2) is 29.0 Å². The van der Waals surface area contributed by atoms with Gasteiger partial charge in [-0.1, -0.05) is 11.6 Å². The maximum absolute atomic E-state index is 12.5. The largest absolute Gasteiger partial charge is 0.481 e. The maximum Gasteiger partial charge on any atom is 0.305 e. The van der Waals surface area contributed by atoms with E-state index in [0.717, 1.165) is 0 Å². The van der Waals surface area contributed by atoms with Gasteiger partial charge in [0.1, 0.15) is 10.3 Å². The van der Waals surface area contributed by atoms with Crippen molar-refractivity contribution in [1.29, 1.82) is 0 Å². The molecule has 0 aliphatic heterocycles. The summed E-state index contributed by atoms with van der Waals surface area (Å²) in [5, 5.41) is 13.2. The molecule has 0 saturated carbocycles. The molecule has 0 atom stereocenters. The number of carboxylic acid groups (broad SMARTS) is 1. The zero-order chi connectivity index (χ0) is 16.3. The van der Waals surface area contributed by atoms with Crippen molar-refractivity contribution in [2.24, 2.45) is 0 Å². The van der Waals surface area contributed by atoms with E-state index >= 15 is 0 Å². The molecular weight excluding hydrogens is 376 g/mol. The molecule has 0 saturated heterocycles. The lowest BCUT2D eigenvalue weighted by atomic mass is 10.3. The molecule has 2 aromatic heterocycles. The van der Waals surface area contributed by atoms with E-state index in [-0.39, 0.29) is 24.6 Å². The Morgan fingerprint density at radius 2 is 2.23 bits per heavy atom. The van der Waals surface area contributed by atoms with E-state index in [0.29, 0.717) is 15.4 Å². The Morgan fingerprint density at radius 1 is 1.50 bits per heavy atom. The number of hydrogen-bond donors (Lipinski definition) is 1. The van der Waals surface area contributed by atoms with E-state index in [9.17, 15) is 9.59 Å². The third-order valence-electron chi connectivity index (χ3n) is 2.85. The van der Waals surface area contributed by atoms with Crippen LogP contribution in [-0.4, -0.2) is 50.2 Å². The quantitative estimate of drug-likeness (QED) is 0.850. The summed E-state index contributed by atoms with van der Waals surface area (Å²) >= 11 is 9.30. The Balaban J connectivity index is 2.34. The molecule has 0 fully saturated rings. The molecule has 2 heterocycles. The third kappa shape index (κ3) is 3.63. The van der Waals surface area contributed by atoms with Crippen molar-refractivity contribution < 1.29 is 14.7 Å². The van der Waals surface area contributed by atoms with Crippen LogP contribution in [0.2, 0.25) is 5.02 Å². The Labute approximate surface area is 139 Å². The van der Waals surface area contributed by atoms with E-state index in [2.05, 4.69) is 26.0 Å². The number of amides is 1. The highest BCUT2D eigenvalue weighted by molar-refractivity contribution is 9.10. The summed E-state index contributed by atoms with van der Waals surface area (Å²) in [7, 11) is 1.52. The maximum atomic E-state index is 12.5. The van der Waals surface area contributed by atoms with Gasteiger partial charge in [0.15, 0.2) is 5.82 Å². The smallest absolute Gasteiger partial charge is 0.305 e. The molecule has 116 valence electrons. The molecule has 0 radical (unpaired) electrons. The van der Waals surface area contributed by atoms with E-state index in [4.69, 9.17) is 16.7 Å². The van der Waals surface area contributed by atoms with Crippen LogP contribution in [-0.2, 0) is 4.79 Å². The van der Waals surface area contributed by atoms with Crippen molar-refractivity contribution in [3.8, 4) is 5.82 Å². The number of carbonyl (C=O) groups is 2. The fraction of sp³-hybridized carbons (Fsp3) is 0.231. The fourth-order valence-electron chi connectivity index (χ4n) is 1.76. The summed E-state index contributed by atoms with van der Waals surface area (Å²) in [6, 6.07) is 4.84. The number of carboxylic acids is 1. The summed E-state index contributed by atoms with van der Waals surface area (Å²) in [6.45, 7) is 0.0902. The Hall–Kier alpha value is -1.93. The highest BCUT2D eigenvalue weighted by atomic mass is 79.9. The van der Waals surface area contributed by atoms with Crippen LogP contribution in [0, 0.1) is 0 Å². The number of rotatable bonds is 5. The molecule has 0 aliphatic rings. The molecule has 0 aromatic carbocycles. The Morgan fingerprint density at radius 3 is 2.86 bits per heavy atom. The third-order valence-corrected chi connectivity index (χ3v) is 3.53. The van der Waals surface area contributed by atoms with Crippen molar-refractivity contribution in [2.45, 2.75) is 6.42 Å². The van der Waals surface area contributed by atoms with Crippen molar-refractivity contribution >= 4 is 39.4 Å². The number of nitrogens with zero attached hydrogens (tertiary/aromatic N) is 4. The highest BCUT2D eigenvalue weighted by Gasteiger charge is 2.21. The van der Waals surface area contributed by atoms with E-state index in [1.807, 2.05) is 0 Å². The van der Waals surface area contributed by atoms with Gasteiger partial charge >= 0.3 is 5.97 Å². The van der Waals surface area contributed by atoms with Crippen molar-refractivity contribution in [3.05, 3.63) is 39.7 Å². The van der Waals surface area contributed by atoms with Gasteiger partial charge < -0.3 is 10.0 Å². The SMILES string of the molecule is CN(CCC(=O)O)C(=O)c1cc(Br)nn1-c1ncccc1Cl. The molecule has 0 aliphatic carbocycles. The van der Waals surface area contributed by atoms with E-state index in [1.165, 1.54) is 22.7 Å². The molecule has 22 heavy (non-hydrogen) atoms. The van der Waals surface area contributed by atoms with Crippen molar-refractivity contribution in [1.82, 2.24) is 19.7 Å². The van der Waals surface area contributed by atoms with Gasteiger partial charge in [-0.05, 0) is 28.1 Å². The van der Waals surface area contributed by atoms with Gasteiger partial charge in [0.25, 0.3) is 5.91 Å². The average Bonchev–Trinajstić information content (AvgIpc) is 2.86. The molecule has 0 bridgehead atoms. The van der Waals surface area contributed by atoms with Crippen LogP contribution in [0.4, 0.5) is 0 Å². The number of hydrogen-bond acceptors (Lipinski definition) is 4. The monoisotopic (exact) mass is 386 g/mol. The first kappa shape index (κ1) is 16.4. The first-order valence-electron chi connectivity index (χ1n) is 6.24. The summed E-state index contributed by atoms with van der Waals surface area (Å²) < 4.78 is 1.77. The zero-order valence-corrected chi connectivity index (χ0v) is 13.9. The number of aliphatic carboxylic acids is 1. The molecule has 9 heteroatoms. The van der Waals surface area contributed by atoms with E-state index < -0.39 is 5.97 Å². The molecule has 2 aromatic rings. The standard InChI is InChI=1S/C13H12BrClN4O3/c1-18(6-4-11(20)21)13(22)9-7-10(14)17-19(9)12-8(15)3-2-5-16-12/h2-3,5,7H,4,6H2,1H3,(H,20,21). The minimum atomic E-state index is -0.970. The van der Waals surface area contributed by atoms with Crippen LogP contribution >= 0.6 is 27.5 Å². The summed E-state index contributed by atoms with van der Waals surface area (Å²) in [6.07, 6.45) is 1.40. The van der Waals surface area contributed by atoms with Gasteiger partial charge in [-0.15, -0.1) is 0 Å². The lowest BCUT2D eigenvalue weighted by Crippen LogP contribution is -2.30. The van der Waals surface area contributed by atoms with Crippen LogP contribution < -0.4 is 0 Å². The molecule has 1 amide bonds. The molecule has 1 N–H and O–H groups in total. The second kappa shape index (κ2) is 6.89. The summed E-state index contributed by atoms with van der Waals surface area (Å²) in [5.41, 5.74) is 0.236. The zero-order valence-electron chi connectivity index (χ0n) is 11.5. The molecule has 0 unspecified atom stereocenters. The molecule has 0 spiro atoms. The van der Waals surface area contributed by atoms with Crippen LogP contribution in [0.3, 0.4) is 0 Å². The molecule has 7 nitrogen and oxygen atoms in total. The first-order chi connectivity index (χ1) is 10.4. The van der Waals surface area contributed by atoms with Gasteiger partial charge in [0, 0.05) is 25.9 Å². The summed E-state index contributed by atoms with van der Waals surface area (Å²) in [4.78, 5) is 28.5. The predicted molar refractivity (Wildman–Crippen MR) is 83.3 cm³/mol. The number of halogens is 2. The predicted octanol–water partition coefficient (Wildman–Crippen LogP) is 2.23. The van der Waals surface area contributed by atoms with Gasteiger partial charge in [0.2, 0.25) is 0 Å². The topological polar surface area (TPSA) is 88.3 Å². The number of carbonyl (C=O) groups excluding carboxylic acids is 1. The summed E-state index contributed by atoms with van der Waals surface area (Å²) in [5.74, 6) is -1.02. The minimum absolute atomic E-state index is 0.0902. The molecule has 2 rings (SSSR count). The lowest BCUT2D eigenvalue weighted by molar-refractivity contribution is -0.137. The number of pyridine rings is 1. The molecular formula is C13H12BrClN4O3. The van der Waals surface area contributed by atoms with Gasteiger partial charge in [-0.3, -0.25) is 9.59 Å². The van der Waals surface area contributed by atoms with Crippen LogP contribution in [0.25, 0.3) is 5.82 Å². The van der Waals surface area contributed by atoms with E-state index in [1.54, 1.807) is 18.3 Å². The second-order valence-corrected chi connectivity index (χ2v) is 5.66. The minimum Gasteiger partial charge on any atom is -0.481 e. The van der Waals surface area contributed by atoms with Crippen LogP contribution in [0.1, 0.15) is 16.9 Å². The second-order valence-electron chi connectivity index (χ2n) is 4.44. The van der Waals surface area contributed by atoms with Gasteiger partial charge in [0.05, 0.1) is 11.4 Å². The van der Waals surface area contributed by atoms with Gasteiger partial charge in [-0.2, -0.15) is 5.10 Å². The van der Waals surface area contributed by atoms with Crippen molar-refractivity contribution in [2.75, 3.05) is 13.6 Å². The lowest BCUT2D eigenvalue weighted by Gasteiger charge is -2.16. The normalized spacial score (nSPS) is 10.5. The Kier molecular flexibility index (Phi) is 5.15. The number of aromatic nitrogens is 3. The average molecular weight is 388 g/mol. The van der Waals surface area contributed by atoms with Gasteiger partial charge in [-0.25, -0.2) is 9.67 Å². The van der Waals surface area contributed by atoms with Crippen LogP contribution in [0.5, 0.6) is 0 Å². The van der Waals surface area contributed by atoms with Crippen molar-refractivity contribution in [3.63, 3.8) is 0 Å². The fourth-order valence-corrected chi connectivity index (χ4v) is 2.34. The Bertz CT molecular complexity index is 719. The first-order valence-corrected chi connectivity index (χ1v) is 7.41.